The molecule has 2 nitrogen and oxygen atoms in total. The first-order valence-electron chi connectivity index (χ1n) is 6.15. The summed E-state index contributed by atoms with van der Waals surface area (Å²) in [6.07, 6.45) is 0. The average molecular weight is 315 g/mol. The van der Waals surface area contributed by atoms with Gasteiger partial charge in [0, 0.05) is 5.56 Å². The third-order valence-electron chi connectivity index (χ3n) is 4.96. The molecule has 1 aromatic carbocycles. The van der Waals surface area contributed by atoms with E-state index in [4.69, 9.17) is 5.84 Å². The zero-order valence-electron chi connectivity index (χ0n) is 11.2. The first kappa shape index (κ1) is 14.0. The Morgan fingerprint density at radius 3 is 2.28 bits per heavy atom. The third-order valence-corrected chi connectivity index (χ3v) is 5.57. The Morgan fingerprint density at radius 1 is 1.28 bits per heavy atom. The van der Waals surface area contributed by atoms with Gasteiger partial charge >= 0.3 is 0 Å². The van der Waals surface area contributed by atoms with Crippen molar-refractivity contribution >= 4 is 15.9 Å². The van der Waals surface area contributed by atoms with Crippen LogP contribution in [0.2, 0.25) is 0 Å². The molecule has 0 aromatic heterocycles. The highest BCUT2D eigenvalue weighted by Crippen LogP contribution is 2.72. The average Bonchev–Trinajstić information content (AvgIpc) is 2.68. The van der Waals surface area contributed by atoms with Crippen molar-refractivity contribution in [2.24, 2.45) is 22.6 Å². The minimum absolute atomic E-state index is 0.152. The monoisotopic (exact) mass is 314 g/mol. The van der Waals surface area contributed by atoms with Crippen LogP contribution in [0.3, 0.4) is 0 Å². The van der Waals surface area contributed by atoms with Crippen molar-refractivity contribution in [3.63, 3.8) is 0 Å². The number of halogens is 2. The van der Waals surface area contributed by atoms with E-state index in [-0.39, 0.29) is 22.7 Å². The van der Waals surface area contributed by atoms with E-state index in [1.54, 1.807) is 12.1 Å². The number of hydrogen-bond acceptors (Lipinski definition) is 2. The SMILES string of the molecule is CC1(C)C(C(NN)c2cccc(Br)c2F)C1(C)C. The molecule has 1 atom stereocenters. The van der Waals surface area contributed by atoms with Crippen molar-refractivity contribution in [3.8, 4) is 0 Å². The number of hydrogen-bond donors (Lipinski definition) is 2. The molecule has 1 aliphatic carbocycles. The second-order valence-electron chi connectivity index (χ2n) is 6.21. The van der Waals surface area contributed by atoms with Crippen molar-refractivity contribution < 1.29 is 4.39 Å². The van der Waals surface area contributed by atoms with Crippen LogP contribution in [0.5, 0.6) is 0 Å². The molecule has 0 saturated heterocycles. The predicted octanol–water partition coefficient (Wildman–Crippen LogP) is 3.77. The second kappa shape index (κ2) is 4.29. The van der Waals surface area contributed by atoms with E-state index >= 15 is 0 Å². The molecule has 1 aliphatic rings. The molecule has 4 heteroatoms. The van der Waals surface area contributed by atoms with Gasteiger partial charge in [0.1, 0.15) is 5.82 Å². The molecular weight excluding hydrogens is 295 g/mol. The molecule has 1 aromatic rings. The lowest BCUT2D eigenvalue weighted by Gasteiger charge is -2.20. The van der Waals surface area contributed by atoms with E-state index in [0.717, 1.165) is 0 Å². The third kappa shape index (κ3) is 1.82. The maximum absolute atomic E-state index is 14.2. The summed E-state index contributed by atoms with van der Waals surface area (Å²) in [5.41, 5.74) is 3.74. The van der Waals surface area contributed by atoms with Gasteiger partial charge in [0.25, 0.3) is 0 Å². The van der Waals surface area contributed by atoms with Crippen LogP contribution in [0.25, 0.3) is 0 Å². The first-order chi connectivity index (χ1) is 8.25. The normalized spacial score (nSPS) is 22.8. The Balaban J connectivity index is 2.40. The van der Waals surface area contributed by atoms with Gasteiger partial charge in [0.2, 0.25) is 0 Å². The van der Waals surface area contributed by atoms with Crippen LogP contribution in [0.4, 0.5) is 4.39 Å². The number of benzene rings is 1. The summed E-state index contributed by atoms with van der Waals surface area (Å²) in [6.45, 7) is 8.82. The van der Waals surface area contributed by atoms with Gasteiger partial charge < -0.3 is 0 Å². The molecule has 0 radical (unpaired) electrons. The van der Waals surface area contributed by atoms with E-state index in [0.29, 0.717) is 16.0 Å². The van der Waals surface area contributed by atoms with Crippen LogP contribution in [0.1, 0.15) is 39.3 Å². The maximum atomic E-state index is 14.2. The summed E-state index contributed by atoms with van der Waals surface area (Å²) < 4.78 is 14.7. The standard InChI is InChI=1S/C14H20BrFN2/c1-13(2)12(14(13,3)4)11(18-17)8-6-5-7-9(15)10(8)16/h5-7,11-12,18H,17H2,1-4H3. The minimum Gasteiger partial charge on any atom is -0.271 e. The predicted molar refractivity (Wildman–Crippen MR) is 75.2 cm³/mol. The lowest BCUT2D eigenvalue weighted by atomic mass is 9.96. The largest absolute Gasteiger partial charge is 0.271 e. The van der Waals surface area contributed by atoms with Gasteiger partial charge in [-0.25, -0.2) is 4.39 Å². The smallest absolute Gasteiger partial charge is 0.142 e. The van der Waals surface area contributed by atoms with Crippen molar-refractivity contribution in [1.29, 1.82) is 0 Å². The topological polar surface area (TPSA) is 38.0 Å². The molecule has 2 rings (SSSR count). The Labute approximate surface area is 116 Å². The highest BCUT2D eigenvalue weighted by Gasteiger charge is 2.67. The van der Waals surface area contributed by atoms with Crippen LogP contribution in [-0.4, -0.2) is 0 Å². The van der Waals surface area contributed by atoms with Crippen LogP contribution in [-0.2, 0) is 0 Å². The summed E-state index contributed by atoms with van der Waals surface area (Å²) in [4.78, 5) is 0. The van der Waals surface area contributed by atoms with Gasteiger partial charge in [0.15, 0.2) is 0 Å². The lowest BCUT2D eigenvalue weighted by Crippen LogP contribution is -2.32. The Morgan fingerprint density at radius 2 is 1.83 bits per heavy atom. The highest BCUT2D eigenvalue weighted by atomic mass is 79.9. The molecular formula is C14H20BrFN2. The van der Waals surface area contributed by atoms with E-state index < -0.39 is 0 Å². The Bertz CT molecular complexity index is 457. The van der Waals surface area contributed by atoms with Gasteiger partial charge in [-0.05, 0) is 38.7 Å². The van der Waals surface area contributed by atoms with Crippen molar-refractivity contribution in [2.75, 3.05) is 0 Å². The number of nitrogens with one attached hydrogen (secondary N) is 1. The fourth-order valence-electron chi connectivity index (χ4n) is 3.21. The van der Waals surface area contributed by atoms with Gasteiger partial charge in [-0.15, -0.1) is 0 Å². The van der Waals surface area contributed by atoms with E-state index in [1.165, 1.54) is 0 Å². The molecule has 1 fully saturated rings. The Kier molecular flexibility index (Phi) is 3.33. The van der Waals surface area contributed by atoms with Crippen LogP contribution in [0, 0.1) is 22.6 Å². The van der Waals surface area contributed by atoms with E-state index in [9.17, 15) is 4.39 Å². The van der Waals surface area contributed by atoms with E-state index in [1.807, 2.05) is 6.07 Å². The van der Waals surface area contributed by atoms with Gasteiger partial charge in [-0.2, -0.15) is 0 Å². The fraction of sp³-hybridized carbons (Fsp3) is 0.571. The highest BCUT2D eigenvalue weighted by molar-refractivity contribution is 9.10. The van der Waals surface area contributed by atoms with Crippen molar-refractivity contribution in [1.82, 2.24) is 5.43 Å². The summed E-state index contributed by atoms with van der Waals surface area (Å²) in [7, 11) is 0. The molecule has 100 valence electrons. The molecule has 0 heterocycles. The summed E-state index contributed by atoms with van der Waals surface area (Å²) >= 11 is 3.23. The van der Waals surface area contributed by atoms with Crippen molar-refractivity contribution in [3.05, 3.63) is 34.1 Å². The molecule has 0 spiro atoms. The quantitative estimate of drug-likeness (QED) is 0.658. The van der Waals surface area contributed by atoms with Gasteiger partial charge in [0.05, 0.1) is 10.5 Å². The van der Waals surface area contributed by atoms with Crippen LogP contribution in [0.15, 0.2) is 22.7 Å². The van der Waals surface area contributed by atoms with Gasteiger partial charge in [-0.1, -0.05) is 39.8 Å². The molecule has 0 aliphatic heterocycles. The van der Waals surface area contributed by atoms with E-state index in [2.05, 4.69) is 49.1 Å². The second-order valence-corrected chi connectivity index (χ2v) is 7.06. The fourth-order valence-corrected chi connectivity index (χ4v) is 3.59. The maximum Gasteiger partial charge on any atom is 0.142 e. The molecule has 1 unspecified atom stereocenters. The zero-order valence-corrected chi connectivity index (χ0v) is 12.8. The molecule has 1 saturated carbocycles. The number of nitrogens with two attached hydrogens (primary N) is 1. The Hall–Kier alpha value is -0.450. The molecule has 0 bridgehead atoms. The number of rotatable bonds is 3. The van der Waals surface area contributed by atoms with Crippen molar-refractivity contribution in [2.45, 2.75) is 33.7 Å². The minimum atomic E-state index is -0.223. The summed E-state index contributed by atoms with van der Waals surface area (Å²) in [6, 6.07) is 5.19. The molecule has 3 N–H and O–H groups in total. The van der Waals surface area contributed by atoms with Crippen LogP contribution < -0.4 is 11.3 Å². The molecule has 18 heavy (non-hydrogen) atoms. The lowest BCUT2D eigenvalue weighted by molar-refractivity contribution is 0.402. The van der Waals surface area contributed by atoms with Gasteiger partial charge in [-0.3, -0.25) is 11.3 Å². The zero-order chi connectivity index (χ0) is 13.7. The summed E-state index contributed by atoms with van der Waals surface area (Å²) in [5.74, 6) is 5.77. The summed E-state index contributed by atoms with van der Waals surface area (Å²) in [5, 5.41) is 0. The molecule has 0 amide bonds. The first-order valence-corrected chi connectivity index (χ1v) is 6.94. The van der Waals surface area contributed by atoms with Crippen LogP contribution >= 0.6 is 15.9 Å². The number of hydrazine groups is 1.